The molecule has 0 aliphatic rings. The van der Waals surface area contributed by atoms with Crippen LogP contribution in [0.1, 0.15) is 15.9 Å². The molecule has 18 heavy (non-hydrogen) atoms. The molecule has 0 atom stereocenters. The molecule has 0 radical (unpaired) electrons. The van der Waals surface area contributed by atoms with Gasteiger partial charge in [-0.1, -0.05) is 15.9 Å². The number of carbonyl (C=O) groups excluding carboxylic acids is 1. The molecule has 1 aromatic carbocycles. The third-order valence-corrected chi connectivity index (χ3v) is 4.06. The highest BCUT2D eigenvalue weighted by molar-refractivity contribution is 9.10. The van der Waals surface area contributed by atoms with E-state index in [0.29, 0.717) is 11.3 Å². The Labute approximate surface area is 119 Å². The van der Waals surface area contributed by atoms with Gasteiger partial charge in [0.25, 0.3) is 0 Å². The fourth-order valence-electron chi connectivity index (χ4n) is 1.51. The van der Waals surface area contributed by atoms with E-state index in [1.807, 2.05) is 37.3 Å². The molecule has 4 heteroatoms. The van der Waals surface area contributed by atoms with E-state index >= 15 is 0 Å². The second-order valence-corrected chi connectivity index (χ2v) is 5.82. The summed E-state index contributed by atoms with van der Waals surface area (Å²) in [7, 11) is 0. The van der Waals surface area contributed by atoms with Crippen LogP contribution in [0.15, 0.2) is 52.1 Å². The lowest BCUT2D eigenvalue weighted by atomic mass is 10.1. The monoisotopic (exact) mass is 321 g/mol. The van der Waals surface area contributed by atoms with Crippen LogP contribution < -0.4 is 0 Å². The molecule has 2 aromatic rings. The fraction of sp³-hybridized carbons (Fsp3) is 0.143. The molecule has 2 nitrogen and oxygen atoms in total. The quantitative estimate of drug-likeness (QED) is 0.626. The van der Waals surface area contributed by atoms with E-state index in [4.69, 9.17) is 0 Å². The fourth-order valence-corrected chi connectivity index (χ4v) is 2.56. The van der Waals surface area contributed by atoms with Gasteiger partial charge in [-0.2, -0.15) is 0 Å². The number of pyridine rings is 1. The highest BCUT2D eigenvalue weighted by atomic mass is 79.9. The summed E-state index contributed by atoms with van der Waals surface area (Å²) < 4.78 is 1.04. The van der Waals surface area contributed by atoms with E-state index in [0.717, 1.165) is 14.9 Å². The van der Waals surface area contributed by atoms with Crippen LogP contribution in [0.3, 0.4) is 0 Å². The number of aromatic nitrogens is 1. The van der Waals surface area contributed by atoms with Gasteiger partial charge in [0.1, 0.15) is 0 Å². The first-order valence-corrected chi connectivity index (χ1v) is 7.27. The molecular weight excluding hydrogens is 310 g/mol. The van der Waals surface area contributed by atoms with Gasteiger partial charge in [0, 0.05) is 27.3 Å². The molecule has 0 aliphatic heterocycles. The Balaban J connectivity index is 2.01. The molecule has 0 unspecified atom stereocenters. The maximum absolute atomic E-state index is 12.0. The van der Waals surface area contributed by atoms with Gasteiger partial charge in [-0.25, -0.2) is 0 Å². The van der Waals surface area contributed by atoms with E-state index in [9.17, 15) is 4.79 Å². The number of hydrogen-bond acceptors (Lipinski definition) is 3. The number of benzene rings is 1. The molecule has 0 aliphatic carbocycles. The number of rotatable bonds is 4. The van der Waals surface area contributed by atoms with Crippen molar-refractivity contribution in [3.05, 3.63) is 58.3 Å². The summed E-state index contributed by atoms with van der Waals surface area (Å²) >= 11 is 4.93. The maximum atomic E-state index is 12.0. The second-order valence-electron chi connectivity index (χ2n) is 3.86. The first kappa shape index (κ1) is 13.3. The Morgan fingerprint density at radius 2 is 2.00 bits per heavy atom. The van der Waals surface area contributed by atoms with Crippen LogP contribution in [0.5, 0.6) is 0 Å². The van der Waals surface area contributed by atoms with Crippen molar-refractivity contribution in [1.82, 2.24) is 4.98 Å². The number of carbonyl (C=O) groups is 1. The smallest absolute Gasteiger partial charge is 0.174 e. The minimum Gasteiger partial charge on any atom is -0.293 e. The van der Waals surface area contributed by atoms with Crippen molar-refractivity contribution in [2.75, 3.05) is 5.75 Å². The van der Waals surface area contributed by atoms with Crippen molar-refractivity contribution < 1.29 is 4.79 Å². The SMILES string of the molecule is Cc1ccncc1C(=O)CSc1ccc(Br)cc1. The van der Waals surface area contributed by atoms with Crippen LogP contribution >= 0.6 is 27.7 Å². The molecule has 1 aromatic heterocycles. The van der Waals surface area contributed by atoms with Gasteiger partial charge >= 0.3 is 0 Å². The standard InChI is InChI=1S/C14H12BrNOS/c1-10-6-7-16-8-13(10)14(17)9-18-12-4-2-11(15)3-5-12/h2-8H,9H2,1H3. The molecule has 0 bridgehead atoms. The molecule has 0 saturated carbocycles. The van der Waals surface area contributed by atoms with Crippen molar-refractivity contribution >= 4 is 33.5 Å². The molecule has 0 amide bonds. The number of thioether (sulfide) groups is 1. The van der Waals surface area contributed by atoms with Crippen LogP contribution in [0.2, 0.25) is 0 Å². The molecule has 0 saturated heterocycles. The number of nitrogens with zero attached hydrogens (tertiary/aromatic N) is 1. The molecule has 0 N–H and O–H groups in total. The van der Waals surface area contributed by atoms with E-state index in [-0.39, 0.29) is 5.78 Å². The van der Waals surface area contributed by atoms with Crippen LogP contribution in [0.4, 0.5) is 0 Å². The first-order chi connectivity index (χ1) is 8.66. The minimum atomic E-state index is 0.119. The van der Waals surface area contributed by atoms with Gasteiger partial charge in [-0.3, -0.25) is 9.78 Å². The van der Waals surface area contributed by atoms with Gasteiger partial charge in [0.15, 0.2) is 5.78 Å². The van der Waals surface area contributed by atoms with Crippen LogP contribution in [0, 0.1) is 6.92 Å². The van der Waals surface area contributed by atoms with Crippen molar-refractivity contribution in [2.24, 2.45) is 0 Å². The van der Waals surface area contributed by atoms with E-state index < -0.39 is 0 Å². The van der Waals surface area contributed by atoms with E-state index in [2.05, 4.69) is 20.9 Å². The highest BCUT2D eigenvalue weighted by Crippen LogP contribution is 2.22. The molecule has 2 rings (SSSR count). The first-order valence-electron chi connectivity index (χ1n) is 5.49. The third-order valence-electron chi connectivity index (χ3n) is 2.52. The third kappa shape index (κ3) is 3.43. The van der Waals surface area contributed by atoms with Crippen molar-refractivity contribution in [3.8, 4) is 0 Å². The predicted molar refractivity (Wildman–Crippen MR) is 78.2 cm³/mol. The summed E-state index contributed by atoms with van der Waals surface area (Å²) in [6.45, 7) is 1.93. The van der Waals surface area contributed by atoms with Crippen molar-refractivity contribution in [2.45, 2.75) is 11.8 Å². The zero-order valence-corrected chi connectivity index (χ0v) is 12.3. The summed E-state index contributed by atoms with van der Waals surface area (Å²) in [5.74, 6) is 0.558. The summed E-state index contributed by atoms with van der Waals surface area (Å²) in [5, 5.41) is 0. The zero-order valence-electron chi connectivity index (χ0n) is 9.89. The highest BCUT2D eigenvalue weighted by Gasteiger charge is 2.09. The maximum Gasteiger partial charge on any atom is 0.174 e. The number of aryl methyl sites for hydroxylation is 1. The average Bonchev–Trinajstić information content (AvgIpc) is 2.38. The molecule has 1 heterocycles. The second kappa shape index (κ2) is 6.16. The van der Waals surface area contributed by atoms with E-state index in [1.54, 1.807) is 24.2 Å². The summed E-state index contributed by atoms with van der Waals surface area (Å²) in [5.41, 5.74) is 1.69. The van der Waals surface area contributed by atoms with E-state index in [1.165, 1.54) is 0 Å². The lowest BCUT2D eigenvalue weighted by Crippen LogP contribution is -2.05. The Morgan fingerprint density at radius 3 is 2.67 bits per heavy atom. The Morgan fingerprint density at radius 1 is 1.28 bits per heavy atom. The summed E-state index contributed by atoms with van der Waals surface area (Å²) in [6, 6.07) is 9.80. The lowest BCUT2D eigenvalue weighted by Gasteiger charge is -2.04. The number of Topliss-reactive ketones (excluding diaryl/α,β-unsaturated/α-hetero) is 1. The number of ketones is 1. The Bertz CT molecular complexity index is 554. The van der Waals surface area contributed by atoms with Gasteiger partial charge in [0.2, 0.25) is 0 Å². The average molecular weight is 322 g/mol. The van der Waals surface area contributed by atoms with Gasteiger partial charge in [0.05, 0.1) is 5.75 Å². The van der Waals surface area contributed by atoms with Crippen molar-refractivity contribution in [1.29, 1.82) is 0 Å². The van der Waals surface area contributed by atoms with Crippen LogP contribution in [-0.2, 0) is 0 Å². The minimum absolute atomic E-state index is 0.119. The van der Waals surface area contributed by atoms with Crippen LogP contribution in [0.25, 0.3) is 0 Å². The van der Waals surface area contributed by atoms with Crippen LogP contribution in [-0.4, -0.2) is 16.5 Å². The predicted octanol–water partition coefficient (Wildman–Crippen LogP) is 4.13. The number of halogens is 1. The largest absolute Gasteiger partial charge is 0.293 e. The Hall–Kier alpha value is -1.13. The van der Waals surface area contributed by atoms with Crippen molar-refractivity contribution in [3.63, 3.8) is 0 Å². The summed E-state index contributed by atoms with van der Waals surface area (Å²) in [4.78, 5) is 17.1. The summed E-state index contributed by atoms with van der Waals surface area (Å²) in [6.07, 6.45) is 3.34. The Kier molecular flexibility index (Phi) is 4.55. The normalized spacial score (nSPS) is 10.3. The molecule has 0 fully saturated rings. The molecule has 0 spiro atoms. The van der Waals surface area contributed by atoms with Gasteiger partial charge < -0.3 is 0 Å². The lowest BCUT2D eigenvalue weighted by molar-refractivity contribution is 0.102. The van der Waals surface area contributed by atoms with Gasteiger partial charge in [-0.05, 0) is 42.8 Å². The molecule has 92 valence electrons. The zero-order chi connectivity index (χ0) is 13.0. The molecular formula is C14H12BrNOS. The van der Waals surface area contributed by atoms with Gasteiger partial charge in [-0.15, -0.1) is 11.8 Å². The number of hydrogen-bond donors (Lipinski definition) is 0. The topological polar surface area (TPSA) is 30.0 Å².